The van der Waals surface area contributed by atoms with Gasteiger partial charge >= 0.3 is 0 Å². The van der Waals surface area contributed by atoms with Crippen LogP contribution in [0.15, 0.2) is 52.7 Å². The fourth-order valence-corrected chi connectivity index (χ4v) is 3.74. The van der Waals surface area contributed by atoms with Crippen molar-refractivity contribution >= 4 is 15.7 Å². The fourth-order valence-electron chi connectivity index (χ4n) is 2.50. The first-order valence-electron chi connectivity index (χ1n) is 7.47. The van der Waals surface area contributed by atoms with Crippen molar-refractivity contribution < 1.29 is 17.9 Å². The SMILES string of the molecule is COc1ccc(-c2ccc(C(=O)N[C@@H]3C=CS(=O)(=O)C3)c(=O)[nH]2)cc1. The zero-order chi connectivity index (χ0) is 18.0. The van der Waals surface area contributed by atoms with Crippen molar-refractivity contribution in [3.05, 3.63) is 63.8 Å². The number of aromatic nitrogens is 1. The standard InChI is InChI=1S/C17H16N2O5S/c1-24-13-4-2-11(3-5-13)15-7-6-14(17(21)19-15)16(20)18-12-8-9-25(22,23)10-12/h2-9,12H,10H2,1H3,(H,18,20)(H,19,21)/t12-/m1/s1. The molecule has 130 valence electrons. The Kier molecular flexibility index (Phi) is 4.45. The maximum absolute atomic E-state index is 12.2. The second-order valence-electron chi connectivity index (χ2n) is 5.58. The Labute approximate surface area is 144 Å². The van der Waals surface area contributed by atoms with Crippen LogP contribution in [-0.2, 0) is 9.84 Å². The van der Waals surface area contributed by atoms with Gasteiger partial charge in [-0.25, -0.2) is 8.42 Å². The summed E-state index contributed by atoms with van der Waals surface area (Å²) in [5, 5.41) is 3.59. The van der Waals surface area contributed by atoms with Gasteiger partial charge in [0.25, 0.3) is 11.5 Å². The lowest BCUT2D eigenvalue weighted by Crippen LogP contribution is -2.38. The fraction of sp³-hybridized carbons (Fsp3) is 0.176. The molecule has 2 heterocycles. The molecule has 0 radical (unpaired) electrons. The van der Waals surface area contributed by atoms with E-state index in [-0.39, 0.29) is 11.3 Å². The Morgan fingerprint density at radius 3 is 2.48 bits per heavy atom. The quantitative estimate of drug-likeness (QED) is 0.849. The van der Waals surface area contributed by atoms with E-state index in [1.165, 1.54) is 12.1 Å². The van der Waals surface area contributed by atoms with Gasteiger partial charge < -0.3 is 15.0 Å². The Bertz CT molecular complexity index is 990. The molecule has 0 bridgehead atoms. The molecule has 1 aliphatic rings. The number of pyridine rings is 1. The van der Waals surface area contributed by atoms with Crippen LogP contribution < -0.4 is 15.6 Å². The number of benzene rings is 1. The van der Waals surface area contributed by atoms with E-state index in [4.69, 9.17) is 4.74 Å². The van der Waals surface area contributed by atoms with Gasteiger partial charge in [-0.1, -0.05) is 0 Å². The van der Waals surface area contributed by atoms with Crippen LogP contribution in [-0.4, -0.2) is 38.2 Å². The summed E-state index contributed by atoms with van der Waals surface area (Å²) in [4.78, 5) is 27.0. The van der Waals surface area contributed by atoms with Gasteiger partial charge in [-0.3, -0.25) is 9.59 Å². The molecule has 0 saturated carbocycles. The summed E-state index contributed by atoms with van der Waals surface area (Å²) in [5.41, 5.74) is 0.716. The highest BCUT2D eigenvalue weighted by Crippen LogP contribution is 2.19. The molecule has 2 aromatic rings. The molecular weight excluding hydrogens is 344 g/mol. The predicted molar refractivity (Wildman–Crippen MR) is 93.2 cm³/mol. The van der Waals surface area contributed by atoms with Crippen molar-refractivity contribution in [3.8, 4) is 17.0 Å². The van der Waals surface area contributed by atoms with Crippen LogP contribution in [0.2, 0.25) is 0 Å². The highest BCUT2D eigenvalue weighted by molar-refractivity contribution is 7.94. The number of carbonyl (C=O) groups excluding carboxylic acids is 1. The van der Waals surface area contributed by atoms with Gasteiger partial charge in [0, 0.05) is 11.1 Å². The summed E-state index contributed by atoms with van der Waals surface area (Å²) >= 11 is 0. The summed E-state index contributed by atoms with van der Waals surface area (Å²) in [5.74, 6) is -0.114. The van der Waals surface area contributed by atoms with Crippen LogP contribution in [0.1, 0.15) is 10.4 Å². The normalized spacial score (nSPS) is 18.0. The molecule has 7 nitrogen and oxygen atoms in total. The van der Waals surface area contributed by atoms with Crippen molar-refractivity contribution in [1.29, 1.82) is 0 Å². The monoisotopic (exact) mass is 360 g/mol. The topological polar surface area (TPSA) is 105 Å². The first-order valence-corrected chi connectivity index (χ1v) is 9.19. The number of nitrogens with one attached hydrogen (secondary N) is 2. The number of aromatic amines is 1. The smallest absolute Gasteiger partial charge is 0.261 e. The van der Waals surface area contributed by atoms with Gasteiger partial charge in [-0.05, 0) is 48.0 Å². The maximum atomic E-state index is 12.2. The largest absolute Gasteiger partial charge is 0.497 e. The van der Waals surface area contributed by atoms with Gasteiger partial charge in [0.1, 0.15) is 11.3 Å². The highest BCUT2D eigenvalue weighted by atomic mass is 32.2. The van der Waals surface area contributed by atoms with Crippen molar-refractivity contribution in [3.63, 3.8) is 0 Å². The molecule has 0 spiro atoms. The Hall–Kier alpha value is -2.87. The number of ether oxygens (including phenoxy) is 1. The molecule has 0 unspecified atom stereocenters. The Morgan fingerprint density at radius 1 is 1.20 bits per heavy atom. The minimum atomic E-state index is -3.27. The van der Waals surface area contributed by atoms with E-state index < -0.39 is 27.3 Å². The summed E-state index contributed by atoms with van der Waals surface area (Å²) < 4.78 is 27.8. The van der Waals surface area contributed by atoms with Gasteiger partial charge in [0.15, 0.2) is 9.84 Å². The number of H-pyrrole nitrogens is 1. The lowest BCUT2D eigenvalue weighted by atomic mass is 10.1. The number of amides is 1. The highest BCUT2D eigenvalue weighted by Gasteiger charge is 2.24. The van der Waals surface area contributed by atoms with Crippen LogP contribution in [0.3, 0.4) is 0 Å². The molecule has 1 aromatic heterocycles. The summed E-state index contributed by atoms with van der Waals surface area (Å²) in [6, 6.07) is 9.52. The molecule has 1 atom stereocenters. The van der Waals surface area contributed by atoms with E-state index >= 15 is 0 Å². The van der Waals surface area contributed by atoms with E-state index in [2.05, 4.69) is 10.3 Å². The molecule has 25 heavy (non-hydrogen) atoms. The Balaban J connectivity index is 1.78. The molecule has 2 N–H and O–H groups in total. The molecule has 0 saturated heterocycles. The number of hydrogen-bond donors (Lipinski definition) is 2. The van der Waals surface area contributed by atoms with E-state index in [0.29, 0.717) is 11.4 Å². The Morgan fingerprint density at radius 2 is 1.92 bits per heavy atom. The summed E-state index contributed by atoms with van der Waals surface area (Å²) in [6.07, 6.45) is 1.40. The maximum Gasteiger partial charge on any atom is 0.261 e. The average molecular weight is 360 g/mol. The molecule has 0 aliphatic carbocycles. The van der Waals surface area contributed by atoms with Crippen molar-refractivity contribution in [2.24, 2.45) is 0 Å². The second kappa shape index (κ2) is 6.56. The van der Waals surface area contributed by atoms with Crippen LogP contribution in [0.5, 0.6) is 5.75 Å². The number of hydrogen-bond acceptors (Lipinski definition) is 5. The van der Waals surface area contributed by atoms with Crippen LogP contribution in [0.25, 0.3) is 11.3 Å². The lowest BCUT2D eigenvalue weighted by molar-refractivity contribution is 0.0946. The van der Waals surface area contributed by atoms with Gasteiger partial charge in [0.2, 0.25) is 0 Å². The third kappa shape index (κ3) is 3.80. The molecule has 1 aliphatic heterocycles. The minimum absolute atomic E-state index is 0.0741. The number of rotatable bonds is 4. The summed E-state index contributed by atoms with van der Waals surface area (Å²) in [7, 11) is -1.71. The first-order chi connectivity index (χ1) is 11.9. The van der Waals surface area contributed by atoms with Crippen molar-refractivity contribution in [1.82, 2.24) is 10.3 Å². The first kappa shape index (κ1) is 17.0. The third-order valence-corrected chi connectivity index (χ3v) is 5.20. The summed E-state index contributed by atoms with van der Waals surface area (Å²) in [6.45, 7) is 0. The molecule has 8 heteroatoms. The molecule has 0 fully saturated rings. The van der Waals surface area contributed by atoms with Crippen molar-refractivity contribution in [2.45, 2.75) is 6.04 Å². The minimum Gasteiger partial charge on any atom is -0.497 e. The molecule has 1 aromatic carbocycles. The van der Waals surface area contributed by atoms with Gasteiger partial charge in [-0.2, -0.15) is 0 Å². The van der Waals surface area contributed by atoms with E-state index in [9.17, 15) is 18.0 Å². The lowest BCUT2D eigenvalue weighted by Gasteiger charge is -2.10. The van der Waals surface area contributed by atoms with Crippen LogP contribution in [0, 0.1) is 0 Å². The molecule has 3 rings (SSSR count). The van der Waals surface area contributed by atoms with Gasteiger partial charge in [-0.15, -0.1) is 0 Å². The third-order valence-electron chi connectivity index (χ3n) is 3.80. The van der Waals surface area contributed by atoms with E-state index in [1.807, 2.05) is 0 Å². The molecular formula is C17H16N2O5S. The number of sulfone groups is 1. The number of methoxy groups -OCH3 is 1. The predicted octanol–water partition coefficient (Wildman–Crippen LogP) is 1.09. The number of carbonyl (C=O) groups is 1. The zero-order valence-electron chi connectivity index (χ0n) is 13.4. The van der Waals surface area contributed by atoms with E-state index in [1.54, 1.807) is 37.4 Å². The molecule has 1 amide bonds. The van der Waals surface area contributed by atoms with Crippen LogP contribution in [0.4, 0.5) is 0 Å². The van der Waals surface area contributed by atoms with Crippen molar-refractivity contribution in [2.75, 3.05) is 12.9 Å². The average Bonchev–Trinajstić information content (AvgIpc) is 2.93. The second-order valence-corrected chi connectivity index (χ2v) is 7.51. The van der Waals surface area contributed by atoms with Gasteiger partial charge in [0.05, 0.1) is 18.9 Å². The van der Waals surface area contributed by atoms with E-state index in [0.717, 1.165) is 11.0 Å². The van der Waals surface area contributed by atoms with Crippen LogP contribution >= 0.6 is 0 Å². The zero-order valence-corrected chi connectivity index (χ0v) is 14.2.